The van der Waals surface area contributed by atoms with Gasteiger partial charge in [-0.2, -0.15) is 0 Å². The number of carbonyl (C=O) groups is 1. The van der Waals surface area contributed by atoms with Crippen molar-refractivity contribution in [2.45, 2.75) is 19.8 Å². The predicted molar refractivity (Wildman–Crippen MR) is 83.6 cm³/mol. The Morgan fingerprint density at radius 2 is 1.90 bits per heavy atom. The number of piperazine rings is 1. The van der Waals surface area contributed by atoms with Gasteiger partial charge in [-0.1, -0.05) is 6.92 Å². The zero-order valence-electron chi connectivity index (χ0n) is 12.7. The fourth-order valence-electron chi connectivity index (χ4n) is 2.99. The number of aromatic nitrogens is 1. The number of carbonyl (C=O) groups excluding carboxylic acids is 1. The molecule has 5 heteroatoms. The van der Waals surface area contributed by atoms with Crippen LogP contribution in [0.4, 0.5) is 5.82 Å². The Hall–Kier alpha value is -1.62. The first-order valence-electron chi connectivity index (χ1n) is 7.95. The molecule has 1 aromatic heterocycles. The van der Waals surface area contributed by atoms with Gasteiger partial charge in [0.2, 0.25) is 0 Å². The Balaban J connectivity index is 1.64. The van der Waals surface area contributed by atoms with Crippen molar-refractivity contribution in [1.82, 2.24) is 15.2 Å². The van der Waals surface area contributed by atoms with Gasteiger partial charge in [0.25, 0.3) is 5.91 Å². The molecular weight excluding hydrogens is 264 g/mol. The summed E-state index contributed by atoms with van der Waals surface area (Å²) in [5, 5.41) is 3.26. The fourth-order valence-corrected chi connectivity index (χ4v) is 2.99. The molecule has 0 radical (unpaired) electrons. The Labute approximate surface area is 126 Å². The molecule has 0 bridgehead atoms. The number of hydrogen-bond donors (Lipinski definition) is 1. The van der Waals surface area contributed by atoms with Gasteiger partial charge >= 0.3 is 0 Å². The molecule has 2 aliphatic heterocycles. The molecule has 2 aliphatic rings. The van der Waals surface area contributed by atoms with Crippen LogP contribution in [0.15, 0.2) is 18.3 Å². The maximum absolute atomic E-state index is 12.4. The number of nitrogens with one attached hydrogen (secondary N) is 1. The van der Waals surface area contributed by atoms with E-state index in [-0.39, 0.29) is 5.91 Å². The molecule has 2 fully saturated rings. The number of nitrogens with zero attached hydrogens (tertiary/aromatic N) is 3. The lowest BCUT2D eigenvalue weighted by atomic mass is 9.99. The normalized spacial score (nSPS) is 20.6. The first kappa shape index (κ1) is 14.3. The molecule has 2 saturated heterocycles. The number of pyridine rings is 1. The van der Waals surface area contributed by atoms with Crippen LogP contribution in [-0.2, 0) is 0 Å². The molecule has 0 saturated carbocycles. The summed E-state index contributed by atoms with van der Waals surface area (Å²) in [5.41, 5.74) is 0.700. The molecule has 3 heterocycles. The third-order valence-corrected chi connectivity index (χ3v) is 4.51. The standard InChI is InChI=1S/C16H24N4O/c1-13-4-8-19(9-5-13)15-3-2-14(12-18-15)16(21)20-10-6-17-7-11-20/h2-3,12-13,17H,4-11H2,1H3. The summed E-state index contributed by atoms with van der Waals surface area (Å²) in [7, 11) is 0. The Morgan fingerprint density at radius 1 is 1.19 bits per heavy atom. The minimum atomic E-state index is 0.0998. The van der Waals surface area contributed by atoms with Crippen molar-refractivity contribution in [3.63, 3.8) is 0 Å². The van der Waals surface area contributed by atoms with Gasteiger partial charge in [0, 0.05) is 45.5 Å². The average Bonchev–Trinajstić information content (AvgIpc) is 2.56. The van der Waals surface area contributed by atoms with E-state index in [2.05, 4.69) is 22.1 Å². The number of piperidine rings is 1. The largest absolute Gasteiger partial charge is 0.357 e. The third kappa shape index (κ3) is 3.35. The maximum atomic E-state index is 12.4. The summed E-state index contributed by atoms with van der Waals surface area (Å²) in [6.45, 7) is 7.76. The van der Waals surface area contributed by atoms with Crippen LogP contribution >= 0.6 is 0 Å². The summed E-state index contributed by atoms with van der Waals surface area (Å²) >= 11 is 0. The van der Waals surface area contributed by atoms with E-state index in [0.717, 1.165) is 51.0 Å². The van der Waals surface area contributed by atoms with Crippen molar-refractivity contribution in [2.24, 2.45) is 5.92 Å². The lowest BCUT2D eigenvalue weighted by Crippen LogP contribution is -2.46. The van der Waals surface area contributed by atoms with Gasteiger partial charge in [-0.15, -0.1) is 0 Å². The van der Waals surface area contributed by atoms with Gasteiger partial charge in [0.05, 0.1) is 5.56 Å². The van der Waals surface area contributed by atoms with Crippen LogP contribution in [0.1, 0.15) is 30.1 Å². The van der Waals surface area contributed by atoms with Crippen molar-refractivity contribution in [2.75, 3.05) is 44.2 Å². The summed E-state index contributed by atoms with van der Waals surface area (Å²) < 4.78 is 0. The van der Waals surface area contributed by atoms with Gasteiger partial charge in [-0.25, -0.2) is 4.98 Å². The van der Waals surface area contributed by atoms with Crippen LogP contribution < -0.4 is 10.2 Å². The van der Waals surface area contributed by atoms with Gasteiger partial charge < -0.3 is 15.1 Å². The van der Waals surface area contributed by atoms with Gasteiger partial charge in [-0.05, 0) is 30.9 Å². The van der Waals surface area contributed by atoms with Gasteiger partial charge in [0.15, 0.2) is 0 Å². The third-order valence-electron chi connectivity index (χ3n) is 4.51. The maximum Gasteiger partial charge on any atom is 0.255 e. The zero-order chi connectivity index (χ0) is 14.7. The van der Waals surface area contributed by atoms with E-state index in [1.165, 1.54) is 12.8 Å². The number of hydrogen-bond acceptors (Lipinski definition) is 4. The van der Waals surface area contributed by atoms with Crippen LogP contribution in [0, 0.1) is 5.92 Å². The smallest absolute Gasteiger partial charge is 0.255 e. The molecule has 1 N–H and O–H groups in total. The highest BCUT2D eigenvalue weighted by Gasteiger charge is 2.20. The number of amides is 1. The molecule has 114 valence electrons. The second kappa shape index (κ2) is 6.43. The highest BCUT2D eigenvalue weighted by Crippen LogP contribution is 2.21. The molecular formula is C16H24N4O. The van der Waals surface area contributed by atoms with Crippen molar-refractivity contribution >= 4 is 11.7 Å². The molecule has 0 spiro atoms. The van der Waals surface area contributed by atoms with Crippen LogP contribution in [0.3, 0.4) is 0 Å². The zero-order valence-corrected chi connectivity index (χ0v) is 12.7. The SMILES string of the molecule is CC1CCN(c2ccc(C(=O)N3CCNCC3)cn2)CC1. The molecule has 5 nitrogen and oxygen atoms in total. The van der Waals surface area contributed by atoms with Crippen LogP contribution in [0.2, 0.25) is 0 Å². The Kier molecular flexibility index (Phi) is 4.39. The average molecular weight is 288 g/mol. The summed E-state index contributed by atoms with van der Waals surface area (Å²) in [4.78, 5) is 21.1. The van der Waals surface area contributed by atoms with Crippen molar-refractivity contribution in [3.05, 3.63) is 23.9 Å². The van der Waals surface area contributed by atoms with Gasteiger partial charge in [0.1, 0.15) is 5.82 Å². The van der Waals surface area contributed by atoms with E-state index >= 15 is 0 Å². The molecule has 0 atom stereocenters. The molecule has 0 unspecified atom stereocenters. The molecule has 1 aromatic rings. The Bertz CT molecular complexity index is 474. The monoisotopic (exact) mass is 288 g/mol. The van der Waals surface area contributed by atoms with E-state index < -0.39 is 0 Å². The first-order chi connectivity index (χ1) is 10.2. The minimum Gasteiger partial charge on any atom is -0.357 e. The molecule has 21 heavy (non-hydrogen) atoms. The lowest BCUT2D eigenvalue weighted by molar-refractivity contribution is 0.0735. The van der Waals surface area contributed by atoms with Crippen molar-refractivity contribution in [3.8, 4) is 0 Å². The Morgan fingerprint density at radius 3 is 2.52 bits per heavy atom. The van der Waals surface area contributed by atoms with Crippen LogP contribution in [0.25, 0.3) is 0 Å². The van der Waals surface area contributed by atoms with E-state index in [1.54, 1.807) is 6.20 Å². The van der Waals surface area contributed by atoms with Crippen molar-refractivity contribution < 1.29 is 4.79 Å². The predicted octanol–water partition coefficient (Wildman–Crippen LogP) is 1.36. The molecule has 0 aromatic carbocycles. The molecule has 1 amide bonds. The number of rotatable bonds is 2. The molecule has 3 rings (SSSR count). The van der Waals surface area contributed by atoms with Crippen LogP contribution in [0.5, 0.6) is 0 Å². The van der Waals surface area contributed by atoms with E-state index in [0.29, 0.717) is 5.56 Å². The lowest BCUT2D eigenvalue weighted by Gasteiger charge is -2.31. The molecule has 0 aliphatic carbocycles. The summed E-state index contributed by atoms with van der Waals surface area (Å²) in [6, 6.07) is 3.91. The van der Waals surface area contributed by atoms with Crippen molar-refractivity contribution in [1.29, 1.82) is 0 Å². The van der Waals surface area contributed by atoms with E-state index in [4.69, 9.17) is 0 Å². The van der Waals surface area contributed by atoms with E-state index in [1.807, 2.05) is 17.0 Å². The summed E-state index contributed by atoms with van der Waals surface area (Å²) in [6.07, 6.45) is 4.18. The van der Waals surface area contributed by atoms with E-state index in [9.17, 15) is 4.79 Å². The quantitative estimate of drug-likeness (QED) is 0.893. The fraction of sp³-hybridized carbons (Fsp3) is 0.625. The highest BCUT2D eigenvalue weighted by molar-refractivity contribution is 5.94. The first-order valence-corrected chi connectivity index (χ1v) is 7.95. The minimum absolute atomic E-state index is 0.0998. The second-order valence-electron chi connectivity index (χ2n) is 6.12. The second-order valence-corrected chi connectivity index (χ2v) is 6.12. The number of anilines is 1. The van der Waals surface area contributed by atoms with Crippen LogP contribution in [-0.4, -0.2) is 55.1 Å². The topological polar surface area (TPSA) is 48.5 Å². The van der Waals surface area contributed by atoms with Gasteiger partial charge in [-0.3, -0.25) is 4.79 Å². The highest BCUT2D eigenvalue weighted by atomic mass is 16.2. The summed E-state index contributed by atoms with van der Waals surface area (Å²) in [5.74, 6) is 1.91.